The molecule has 2 rings (SSSR count). The quantitative estimate of drug-likeness (QED) is 0.776. The Kier molecular flexibility index (Phi) is 2.19. The standard InChI is InChI=1S/C11H13FO2/c12-10-7-9(13)2-1-8(10)3-4-11(14)5-6-11/h1-2,7,13-14H,3-6H2. The molecule has 76 valence electrons. The number of aliphatic hydroxyl groups is 1. The van der Waals surface area contributed by atoms with Gasteiger partial charge in [-0.1, -0.05) is 6.07 Å². The van der Waals surface area contributed by atoms with Gasteiger partial charge in [-0.25, -0.2) is 4.39 Å². The van der Waals surface area contributed by atoms with Crippen LogP contribution in [0.15, 0.2) is 18.2 Å². The fraction of sp³-hybridized carbons (Fsp3) is 0.455. The van der Waals surface area contributed by atoms with Gasteiger partial charge in [0, 0.05) is 6.07 Å². The van der Waals surface area contributed by atoms with Gasteiger partial charge < -0.3 is 10.2 Å². The van der Waals surface area contributed by atoms with E-state index < -0.39 is 11.4 Å². The van der Waals surface area contributed by atoms with Crippen LogP contribution in [0, 0.1) is 5.82 Å². The van der Waals surface area contributed by atoms with Crippen molar-refractivity contribution in [2.24, 2.45) is 0 Å². The molecule has 0 amide bonds. The van der Waals surface area contributed by atoms with Gasteiger partial charge in [-0.2, -0.15) is 0 Å². The average molecular weight is 196 g/mol. The number of aromatic hydroxyl groups is 1. The highest BCUT2D eigenvalue weighted by Crippen LogP contribution is 2.39. The van der Waals surface area contributed by atoms with E-state index in [1.54, 1.807) is 6.07 Å². The summed E-state index contributed by atoms with van der Waals surface area (Å²) >= 11 is 0. The van der Waals surface area contributed by atoms with Gasteiger partial charge in [-0.3, -0.25) is 0 Å². The number of hydrogen-bond donors (Lipinski definition) is 2. The topological polar surface area (TPSA) is 40.5 Å². The van der Waals surface area contributed by atoms with Gasteiger partial charge in [-0.15, -0.1) is 0 Å². The Balaban J connectivity index is 2.02. The van der Waals surface area contributed by atoms with E-state index in [1.165, 1.54) is 6.07 Å². The first-order valence-corrected chi connectivity index (χ1v) is 4.79. The number of hydrogen-bond acceptors (Lipinski definition) is 2. The van der Waals surface area contributed by atoms with Gasteiger partial charge in [0.25, 0.3) is 0 Å². The molecule has 0 spiro atoms. The zero-order chi connectivity index (χ0) is 10.2. The molecule has 14 heavy (non-hydrogen) atoms. The van der Waals surface area contributed by atoms with Crippen molar-refractivity contribution in [2.75, 3.05) is 0 Å². The number of rotatable bonds is 3. The summed E-state index contributed by atoms with van der Waals surface area (Å²) in [5.74, 6) is -0.453. The number of phenols is 1. The first-order chi connectivity index (χ1) is 6.59. The molecule has 0 bridgehead atoms. The Bertz CT molecular complexity index is 345. The molecule has 0 unspecified atom stereocenters. The predicted octanol–water partition coefficient (Wildman–Crippen LogP) is 1.99. The Morgan fingerprint density at radius 1 is 1.36 bits per heavy atom. The number of phenolic OH excluding ortho intramolecular Hbond substituents is 1. The van der Waals surface area contributed by atoms with Crippen LogP contribution in [0.3, 0.4) is 0 Å². The molecule has 1 aromatic rings. The minimum absolute atomic E-state index is 0.0589. The smallest absolute Gasteiger partial charge is 0.130 e. The van der Waals surface area contributed by atoms with Crippen LogP contribution in [0.25, 0.3) is 0 Å². The average Bonchev–Trinajstić information content (AvgIpc) is 2.83. The first kappa shape index (κ1) is 9.46. The van der Waals surface area contributed by atoms with E-state index in [2.05, 4.69) is 0 Å². The van der Waals surface area contributed by atoms with Gasteiger partial charge in [0.15, 0.2) is 0 Å². The predicted molar refractivity (Wildman–Crippen MR) is 50.6 cm³/mol. The van der Waals surface area contributed by atoms with E-state index in [0.29, 0.717) is 18.4 Å². The van der Waals surface area contributed by atoms with Crippen LogP contribution in [0.1, 0.15) is 24.8 Å². The van der Waals surface area contributed by atoms with Crippen LogP contribution < -0.4 is 0 Å². The highest BCUT2D eigenvalue weighted by Gasteiger charge is 2.39. The summed E-state index contributed by atoms with van der Waals surface area (Å²) in [5.41, 5.74) is 0.0211. The summed E-state index contributed by atoms with van der Waals surface area (Å²) in [6.07, 6.45) is 2.79. The Hall–Kier alpha value is -1.09. The van der Waals surface area contributed by atoms with E-state index >= 15 is 0 Å². The van der Waals surface area contributed by atoms with Gasteiger partial charge >= 0.3 is 0 Å². The van der Waals surface area contributed by atoms with E-state index in [4.69, 9.17) is 5.11 Å². The number of halogens is 1. The largest absolute Gasteiger partial charge is 0.508 e. The maximum absolute atomic E-state index is 13.2. The molecular formula is C11H13FO2. The lowest BCUT2D eigenvalue weighted by Crippen LogP contribution is -2.08. The fourth-order valence-electron chi connectivity index (χ4n) is 1.50. The molecule has 3 heteroatoms. The van der Waals surface area contributed by atoms with Crippen LogP contribution in [0.5, 0.6) is 5.75 Å². The molecule has 0 atom stereocenters. The molecule has 0 radical (unpaired) electrons. The van der Waals surface area contributed by atoms with E-state index in [1.807, 2.05) is 0 Å². The summed E-state index contributed by atoms with van der Waals surface area (Å²) in [6, 6.07) is 4.14. The zero-order valence-electron chi connectivity index (χ0n) is 7.83. The fourth-order valence-corrected chi connectivity index (χ4v) is 1.50. The lowest BCUT2D eigenvalue weighted by molar-refractivity contribution is 0.140. The van der Waals surface area contributed by atoms with Crippen LogP contribution in [-0.2, 0) is 6.42 Å². The number of benzene rings is 1. The molecule has 0 heterocycles. The van der Waals surface area contributed by atoms with Crippen LogP contribution in [0.2, 0.25) is 0 Å². The second-order valence-electron chi connectivity index (χ2n) is 4.00. The summed E-state index contributed by atoms with van der Waals surface area (Å²) in [6.45, 7) is 0. The SMILES string of the molecule is Oc1ccc(CCC2(O)CC2)c(F)c1. The molecular weight excluding hydrogens is 183 g/mol. The minimum Gasteiger partial charge on any atom is -0.508 e. The Morgan fingerprint density at radius 2 is 2.07 bits per heavy atom. The van der Waals surface area contributed by atoms with Gasteiger partial charge in [0.1, 0.15) is 11.6 Å². The zero-order valence-corrected chi connectivity index (χ0v) is 7.83. The summed E-state index contributed by atoms with van der Waals surface area (Å²) in [4.78, 5) is 0. The molecule has 0 saturated heterocycles. The third-order valence-corrected chi connectivity index (χ3v) is 2.72. The van der Waals surface area contributed by atoms with Crippen molar-refractivity contribution in [3.63, 3.8) is 0 Å². The van der Waals surface area contributed by atoms with Crippen LogP contribution in [0.4, 0.5) is 4.39 Å². The lowest BCUT2D eigenvalue weighted by Gasteiger charge is -2.07. The number of aryl methyl sites for hydroxylation is 1. The van der Waals surface area contributed by atoms with Crippen molar-refractivity contribution in [1.82, 2.24) is 0 Å². The van der Waals surface area contributed by atoms with Gasteiger partial charge in [0.05, 0.1) is 5.60 Å². The van der Waals surface area contributed by atoms with Crippen LogP contribution in [-0.4, -0.2) is 15.8 Å². The molecule has 0 aromatic heterocycles. The van der Waals surface area contributed by atoms with Crippen LogP contribution >= 0.6 is 0 Å². The molecule has 2 N–H and O–H groups in total. The molecule has 0 aliphatic heterocycles. The highest BCUT2D eigenvalue weighted by molar-refractivity contribution is 5.28. The molecule has 1 aromatic carbocycles. The maximum atomic E-state index is 13.2. The second kappa shape index (κ2) is 3.24. The highest BCUT2D eigenvalue weighted by atomic mass is 19.1. The Morgan fingerprint density at radius 3 is 2.64 bits per heavy atom. The molecule has 2 nitrogen and oxygen atoms in total. The van der Waals surface area contributed by atoms with E-state index in [9.17, 15) is 9.50 Å². The normalized spacial score (nSPS) is 18.1. The molecule has 1 fully saturated rings. The molecule has 1 aliphatic carbocycles. The first-order valence-electron chi connectivity index (χ1n) is 4.79. The van der Waals surface area contributed by atoms with Crippen molar-refractivity contribution in [2.45, 2.75) is 31.3 Å². The van der Waals surface area contributed by atoms with Crippen molar-refractivity contribution >= 4 is 0 Å². The third-order valence-electron chi connectivity index (χ3n) is 2.72. The Labute approximate surface area is 82.0 Å². The van der Waals surface area contributed by atoms with E-state index in [-0.39, 0.29) is 5.75 Å². The van der Waals surface area contributed by atoms with Crippen molar-refractivity contribution in [3.05, 3.63) is 29.6 Å². The molecule has 1 aliphatic rings. The second-order valence-corrected chi connectivity index (χ2v) is 4.00. The van der Waals surface area contributed by atoms with E-state index in [0.717, 1.165) is 18.9 Å². The van der Waals surface area contributed by atoms with Crippen molar-refractivity contribution in [1.29, 1.82) is 0 Å². The van der Waals surface area contributed by atoms with Crippen molar-refractivity contribution < 1.29 is 14.6 Å². The van der Waals surface area contributed by atoms with Crippen molar-refractivity contribution in [3.8, 4) is 5.75 Å². The minimum atomic E-state index is -0.537. The summed E-state index contributed by atoms with van der Waals surface area (Å²) in [7, 11) is 0. The lowest BCUT2D eigenvalue weighted by atomic mass is 10.1. The summed E-state index contributed by atoms with van der Waals surface area (Å²) in [5, 5.41) is 18.6. The molecule has 1 saturated carbocycles. The monoisotopic (exact) mass is 196 g/mol. The van der Waals surface area contributed by atoms with Gasteiger partial charge in [0.2, 0.25) is 0 Å². The third kappa shape index (κ3) is 2.04. The summed E-state index contributed by atoms with van der Waals surface area (Å²) < 4.78 is 13.2. The maximum Gasteiger partial charge on any atom is 0.130 e. The van der Waals surface area contributed by atoms with Gasteiger partial charge in [-0.05, 0) is 37.3 Å².